The Hall–Kier alpha value is -3.16. The van der Waals surface area contributed by atoms with Gasteiger partial charge in [-0.05, 0) is 48.2 Å². The molecule has 6 nitrogen and oxygen atoms in total. The first-order chi connectivity index (χ1) is 15.6. The number of anilines is 1. The highest BCUT2D eigenvalue weighted by atomic mass is 35.5. The molecule has 0 aliphatic rings. The minimum atomic E-state index is -0.556. The van der Waals surface area contributed by atoms with Gasteiger partial charge in [-0.2, -0.15) is 5.10 Å². The topological polar surface area (TPSA) is 73.2 Å². The molecule has 0 unspecified atom stereocenters. The van der Waals surface area contributed by atoms with E-state index in [4.69, 9.17) is 16.3 Å². The van der Waals surface area contributed by atoms with Crippen molar-refractivity contribution in [2.45, 2.75) is 33.1 Å². The van der Waals surface area contributed by atoms with Crippen molar-refractivity contribution in [3.63, 3.8) is 0 Å². The van der Waals surface area contributed by atoms with E-state index >= 15 is 0 Å². The molecule has 1 N–H and O–H groups in total. The lowest BCUT2D eigenvalue weighted by molar-refractivity contribution is -0.119. The fourth-order valence-corrected chi connectivity index (χ4v) is 4.67. The van der Waals surface area contributed by atoms with Gasteiger partial charge in [0.2, 0.25) is 0 Å². The van der Waals surface area contributed by atoms with Crippen LogP contribution in [0.2, 0.25) is 5.02 Å². The molecule has 1 amide bonds. The Bertz CT molecular complexity index is 1330. The van der Waals surface area contributed by atoms with E-state index in [1.807, 2.05) is 49.4 Å². The second kappa shape index (κ2) is 9.00. The summed E-state index contributed by atoms with van der Waals surface area (Å²) in [6, 6.07) is 16.8. The van der Waals surface area contributed by atoms with E-state index < -0.39 is 11.9 Å². The number of hydrogen-bond acceptors (Lipinski definition) is 5. The first-order valence-electron chi connectivity index (χ1n) is 10.4. The van der Waals surface area contributed by atoms with Crippen LogP contribution in [0.25, 0.3) is 15.9 Å². The zero-order valence-corrected chi connectivity index (χ0v) is 20.4. The number of fused-ring (bicyclic) bond motifs is 1. The van der Waals surface area contributed by atoms with Crippen molar-refractivity contribution in [3.8, 4) is 5.69 Å². The van der Waals surface area contributed by atoms with E-state index in [-0.39, 0.29) is 12.0 Å². The maximum atomic E-state index is 12.6. The fourth-order valence-electron chi connectivity index (χ4n) is 3.39. The van der Waals surface area contributed by atoms with Gasteiger partial charge in [0.05, 0.1) is 16.4 Å². The zero-order valence-electron chi connectivity index (χ0n) is 18.8. The smallest absolute Gasteiger partial charge is 0.348 e. The number of esters is 1. The number of benzene rings is 2. The van der Waals surface area contributed by atoms with Crippen LogP contribution < -0.4 is 5.32 Å². The highest BCUT2D eigenvalue weighted by Gasteiger charge is 2.20. The Morgan fingerprint density at radius 2 is 1.82 bits per heavy atom. The summed E-state index contributed by atoms with van der Waals surface area (Å²) in [5.41, 5.74) is 3.36. The Balaban J connectivity index is 1.43. The molecule has 8 heteroatoms. The van der Waals surface area contributed by atoms with Crippen LogP contribution in [0.1, 0.15) is 41.7 Å². The molecule has 0 aliphatic carbocycles. The lowest BCUT2D eigenvalue weighted by atomic mass is 9.87. The van der Waals surface area contributed by atoms with Gasteiger partial charge in [0.15, 0.2) is 6.61 Å². The molecule has 0 atom stereocenters. The monoisotopic (exact) mass is 481 g/mol. The van der Waals surface area contributed by atoms with Crippen LogP contribution in [0.5, 0.6) is 0 Å². The SMILES string of the molecule is Cc1nn(-c2ccccc2Cl)c2sc(C(=O)OCC(=O)Nc3ccc(C(C)(C)C)cc3)cc12. The Labute approximate surface area is 201 Å². The number of para-hydroxylation sites is 1. The Morgan fingerprint density at radius 3 is 2.48 bits per heavy atom. The summed E-state index contributed by atoms with van der Waals surface area (Å²) in [7, 11) is 0. The van der Waals surface area contributed by atoms with Crippen molar-refractivity contribution in [3.05, 3.63) is 75.8 Å². The summed E-state index contributed by atoms with van der Waals surface area (Å²) in [4.78, 5) is 26.1. The summed E-state index contributed by atoms with van der Waals surface area (Å²) < 4.78 is 6.98. The van der Waals surface area contributed by atoms with Crippen LogP contribution in [-0.2, 0) is 14.9 Å². The number of aromatic nitrogens is 2. The van der Waals surface area contributed by atoms with E-state index in [9.17, 15) is 9.59 Å². The summed E-state index contributed by atoms with van der Waals surface area (Å²) in [6.45, 7) is 7.88. The number of nitrogens with one attached hydrogen (secondary N) is 1. The summed E-state index contributed by atoms with van der Waals surface area (Å²) >= 11 is 7.58. The minimum Gasteiger partial charge on any atom is -0.451 e. The van der Waals surface area contributed by atoms with Gasteiger partial charge >= 0.3 is 5.97 Å². The van der Waals surface area contributed by atoms with Gasteiger partial charge in [0, 0.05) is 11.1 Å². The number of amides is 1. The van der Waals surface area contributed by atoms with E-state index in [0.717, 1.165) is 21.6 Å². The second-order valence-corrected chi connectivity index (χ2v) is 10.2. The van der Waals surface area contributed by atoms with Crippen LogP contribution in [0, 0.1) is 6.92 Å². The minimum absolute atomic E-state index is 0.0313. The average Bonchev–Trinajstić information content (AvgIpc) is 3.33. The van der Waals surface area contributed by atoms with Crippen molar-refractivity contribution in [1.29, 1.82) is 0 Å². The normalized spacial score (nSPS) is 11.5. The van der Waals surface area contributed by atoms with Gasteiger partial charge in [0.1, 0.15) is 9.71 Å². The first kappa shape index (κ1) is 23.0. The molecule has 0 aliphatic heterocycles. The number of aryl methyl sites for hydroxylation is 1. The van der Waals surface area contributed by atoms with Gasteiger partial charge in [-0.1, -0.05) is 56.6 Å². The van der Waals surface area contributed by atoms with Crippen molar-refractivity contribution in [1.82, 2.24) is 9.78 Å². The molecular weight excluding hydrogens is 458 g/mol. The third kappa shape index (κ3) is 4.94. The molecule has 0 fully saturated rings. The molecule has 33 heavy (non-hydrogen) atoms. The number of halogens is 1. The number of carbonyl (C=O) groups excluding carboxylic acids is 2. The standard InChI is InChI=1S/C25H24ClN3O3S/c1-15-18-13-21(33-23(18)29(28-15)20-8-6-5-7-19(20)26)24(31)32-14-22(30)27-17-11-9-16(10-12-17)25(2,3)4/h5-13H,14H2,1-4H3,(H,27,30). The lowest BCUT2D eigenvalue weighted by Gasteiger charge is -2.19. The molecule has 2 aromatic heterocycles. The van der Waals surface area contributed by atoms with Crippen LogP contribution in [-0.4, -0.2) is 28.3 Å². The molecule has 0 bridgehead atoms. The molecule has 0 spiro atoms. The molecular formula is C25H24ClN3O3S. The van der Waals surface area contributed by atoms with Crippen LogP contribution in [0.15, 0.2) is 54.6 Å². The van der Waals surface area contributed by atoms with Crippen molar-refractivity contribution < 1.29 is 14.3 Å². The van der Waals surface area contributed by atoms with Crippen LogP contribution in [0.3, 0.4) is 0 Å². The van der Waals surface area contributed by atoms with E-state index in [1.165, 1.54) is 16.9 Å². The third-order valence-electron chi connectivity index (χ3n) is 5.20. The van der Waals surface area contributed by atoms with Gasteiger partial charge in [-0.3, -0.25) is 4.79 Å². The van der Waals surface area contributed by atoms with Gasteiger partial charge in [0.25, 0.3) is 5.91 Å². The van der Waals surface area contributed by atoms with Crippen LogP contribution in [0.4, 0.5) is 5.69 Å². The molecule has 4 aromatic rings. The maximum Gasteiger partial charge on any atom is 0.348 e. The van der Waals surface area contributed by atoms with Crippen molar-refractivity contribution in [2.75, 3.05) is 11.9 Å². The number of carbonyl (C=O) groups is 2. The van der Waals surface area contributed by atoms with Crippen molar-refractivity contribution >= 4 is 50.7 Å². The highest BCUT2D eigenvalue weighted by molar-refractivity contribution is 7.20. The number of thiophene rings is 1. The largest absolute Gasteiger partial charge is 0.451 e. The highest BCUT2D eigenvalue weighted by Crippen LogP contribution is 2.32. The van der Waals surface area contributed by atoms with Crippen molar-refractivity contribution in [2.24, 2.45) is 0 Å². The quantitative estimate of drug-likeness (QED) is 0.347. The molecule has 4 rings (SSSR count). The number of hydrogen-bond donors (Lipinski definition) is 1. The number of ether oxygens (including phenoxy) is 1. The van der Waals surface area contributed by atoms with E-state index in [2.05, 4.69) is 31.2 Å². The summed E-state index contributed by atoms with van der Waals surface area (Å²) in [6.07, 6.45) is 0. The molecule has 170 valence electrons. The molecule has 2 aromatic carbocycles. The van der Waals surface area contributed by atoms with Gasteiger partial charge in [-0.15, -0.1) is 11.3 Å². The summed E-state index contributed by atoms with van der Waals surface area (Å²) in [5.74, 6) is -0.953. The van der Waals surface area contributed by atoms with Crippen LogP contribution >= 0.6 is 22.9 Å². The number of nitrogens with zero attached hydrogens (tertiary/aromatic N) is 2. The average molecular weight is 482 g/mol. The van der Waals surface area contributed by atoms with E-state index in [1.54, 1.807) is 16.8 Å². The maximum absolute atomic E-state index is 12.6. The Kier molecular flexibility index (Phi) is 6.28. The molecule has 0 radical (unpaired) electrons. The zero-order chi connectivity index (χ0) is 23.8. The number of rotatable bonds is 5. The predicted octanol–water partition coefficient (Wildman–Crippen LogP) is 6.14. The Morgan fingerprint density at radius 1 is 1.12 bits per heavy atom. The molecule has 2 heterocycles. The van der Waals surface area contributed by atoms with E-state index in [0.29, 0.717) is 15.6 Å². The van der Waals surface area contributed by atoms with Gasteiger partial charge in [-0.25, -0.2) is 9.48 Å². The predicted molar refractivity (Wildman–Crippen MR) is 133 cm³/mol. The fraction of sp³-hybridized carbons (Fsp3) is 0.240. The molecule has 0 saturated heterocycles. The lowest BCUT2D eigenvalue weighted by Crippen LogP contribution is -2.20. The molecule has 0 saturated carbocycles. The first-order valence-corrected chi connectivity index (χ1v) is 11.6. The summed E-state index contributed by atoms with van der Waals surface area (Å²) in [5, 5.41) is 8.71. The third-order valence-corrected chi connectivity index (χ3v) is 6.61. The second-order valence-electron chi connectivity index (χ2n) is 8.73. The van der Waals surface area contributed by atoms with Gasteiger partial charge < -0.3 is 10.1 Å².